The molecule has 7 nitrogen and oxygen atoms in total. The molecule has 2 aromatic heterocycles. The number of nitrogens with two attached hydrogens (primary N) is 1. The molecule has 2 aromatic rings. The van der Waals surface area contributed by atoms with Gasteiger partial charge in [-0.15, -0.1) is 0 Å². The maximum Gasteiger partial charge on any atom is 0.327 e. The first-order valence-corrected chi connectivity index (χ1v) is 4.59. The van der Waals surface area contributed by atoms with Gasteiger partial charge in [0.25, 0.3) is 5.56 Å². The van der Waals surface area contributed by atoms with Gasteiger partial charge in [-0.3, -0.25) is 14.8 Å². The molecule has 0 radical (unpaired) electrons. The van der Waals surface area contributed by atoms with Crippen LogP contribution in [-0.2, 0) is 0 Å². The number of hydrogen-bond acceptors (Lipinski definition) is 4. The van der Waals surface area contributed by atoms with Gasteiger partial charge in [0.2, 0.25) is 0 Å². The van der Waals surface area contributed by atoms with Gasteiger partial charge >= 0.3 is 5.69 Å². The molecule has 80 valence electrons. The topological polar surface area (TPSA) is 120 Å². The summed E-state index contributed by atoms with van der Waals surface area (Å²) >= 11 is 0. The maximum absolute atomic E-state index is 11.3. The standard InChI is InChI=1S/C8H11N5O2/c1-2-3(9)5-10-4-6(11-5)12-8(15)13-7(4)14/h3H,2,9H2,1H3,(H3,10,11,12,13,14,15). The third kappa shape index (κ3) is 1.57. The van der Waals surface area contributed by atoms with Crippen LogP contribution in [0.1, 0.15) is 25.2 Å². The number of imidazole rings is 1. The van der Waals surface area contributed by atoms with Gasteiger partial charge in [0, 0.05) is 0 Å². The summed E-state index contributed by atoms with van der Waals surface area (Å²) in [6.45, 7) is 1.91. The first kappa shape index (κ1) is 9.66. The predicted octanol–water partition coefficient (Wildman–Crippen LogP) is -0.651. The van der Waals surface area contributed by atoms with Crippen LogP contribution in [0.4, 0.5) is 0 Å². The molecule has 15 heavy (non-hydrogen) atoms. The highest BCUT2D eigenvalue weighted by molar-refractivity contribution is 5.68. The number of nitrogens with one attached hydrogen (secondary N) is 3. The van der Waals surface area contributed by atoms with Gasteiger partial charge in [0.15, 0.2) is 5.65 Å². The zero-order chi connectivity index (χ0) is 11.0. The molecule has 0 aliphatic carbocycles. The molecule has 1 unspecified atom stereocenters. The van der Waals surface area contributed by atoms with E-state index in [-0.39, 0.29) is 17.2 Å². The molecule has 0 aliphatic heterocycles. The Bertz CT molecular complexity index is 593. The van der Waals surface area contributed by atoms with E-state index >= 15 is 0 Å². The van der Waals surface area contributed by atoms with Crippen LogP contribution >= 0.6 is 0 Å². The number of hydrogen-bond donors (Lipinski definition) is 4. The molecule has 0 aliphatic rings. The minimum atomic E-state index is -0.574. The molecule has 5 N–H and O–H groups in total. The summed E-state index contributed by atoms with van der Waals surface area (Å²) < 4.78 is 0. The normalized spacial score (nSPS) is 13.2. The first-order chi connectivity index (χ1) is 7.11. The van der Waals surface area contributed by atoms with Gasteiger partial charge in [0.1, 0.15) is 11.3 Å². The minimum Gasteiger partial charge on any atom is -0.335 e. The molecule has 1 atom stereocenters. The second-order valence-electron chi connectivity index (χ2n) is 3.27. The second kappa shape index (κ2) is 3.35. The Kier molecular flexibility index (Phi) is 2.16. The summed E-state index contributed by atoms with van der Waals surface area (Å²) in [5, 5.41) is 0. The van der Waals surface area contributed by atoms with Crippen LogP contribution in [0.25, 0.3) is 11.2 Å². The highest BCUT2D eigenvalue weighted by Crippen LogP contribution is 2.11. The summed E-state index contributed by atoms with van der Waals surface area (Å²) in [6, 6.07) is -0.264. The number of rotatable bonds is 2. The van der Waals surface area contributed by atoms with Gasteiger partial charge in [-0.25, -0.2) is 9.78 Å². The molecule has 0 aromatic carbocycles. The fourth-order valence-corrected chi connectivity index (χ4v) is 1.32. The Balaban J connectivity index is 2.71. The van der Waals surface area contributed by atoms with E-state index in [9.17, 15) is 9.59 Å². The van der Waals surface area contributed by atoms with Crippen LogP contribution in [0.15, 0.2) is 9.59 Å². The van der Waals surface area contributed by atoms with Crippen LogP contribution in [0.3, 0.4) is 0 Å². The lowest BCUT2D eigenvalue weighted by molar-refractivity contribution is 0.660. The number of aromatic amines is 3. The molecule has 0 saturated carbocycles. The SMILES string of the molecule is CCC(N)c1nc2[nH]c(=O)[nH]c(=O)c2[nH]1. The van der Waals surface area contributed by atoms with Gasteiger partial charge in [-0.05, 0) is 6.42 Å². The Morgan fingerprint density at radius 1 is 1.33 bits per heavy atom. The summed E-state index contributed by atoms with van der Waals surface area (Å²) in [7, 11) is 0. The van der Waals surface area contributed by atoms with Crippen molar-refractivity contribution in [3.63, 3.8) is 0 Å². The second-order valence-corrected chi connectivity index (χ2v) is 3.27. The van der Waals surface area contributed by atoms with Crippen molar-refractivity contribution >= 4 is 11.2 Å². The largest absolute Gasteiger partial charge is 0.335 e. The zero-order valence-corrected chi connectivity index (χ0v) is 8.13. The lowest BCUT2D eigenvalue weighted by atomic mass is 10.2. The predicted molar refractivity (Wildman–Crippen MR) is 54.6 cm³/mol. The number of fused-ring (bicyclic) bond motifs is 1. The fraction of sp³-hybridized carbons (Fsp3) is 0.375. The van der Waals surface area contributed by atoms with E-state index in [2.05, 4.69) is 19.9 Å². The first-order valence-electron chi connectivity index (χ1n) is 4.59. The summed E-state index contributed by atoms with van der Waals surface area (Å²) in [5.74, 6) is 0.500. The van der Waals surface area contributed by atoms with Crippen LogP contribution in [-0.4, -0.2) is 19.9 Å². The van der Waals surface area contributed by atoms with E-state index in [1.807, 2.05) is 6.92 Å². The van der Waals surface area contributed by atoms with Crippen LogP contribution in [0.2, 0.25) is 0 Å². The van der Waals surface area contributed by atoms with E-state index < -0.39 is 11.2 Å². The van der Waals surface area contributed by atoms with Gasteiger partial charge in [-0.2, -0.15) is 0 Å². The molecule has 0 spiro atoms. The number of nitrogens with zero attached hydrogens (tertiary/aromatic N) is 1. The Morgan fingerprint density at radius 3 is 2.73 bits per heavy atom. The average Bonchev–Trinajstić information content (AvgIpc) is 2.60. The molecular formula is C8H11N5O2. The molecule has 7 heteroatoms. The van der Waals surface area contributed by atoms with Crippen LogP contribution < -0.4 is 17.0 Å². The van der Waals surface area contributed by atoms with Crippen LogP contribution in [0.5, 0.6) is 0 Å². The highest BCUT2D eigenvalue weighted by Gasteiger charge is 2.11. The highest BCUT2D eigenvalue weighted by atomic mass is 16.2. The lowest BCUT2D eigenvalue weighted by Gasteiger charge is -2.01. The third-order valence-corrected chi connectivity index (χ3v) is 2.20. The Labute approximate surface area is 83.7 Å². The van der Waals surface area contributed by atoms with Crippen molar-refractivity contribution in [2.45, 2.75) is 19.4 Å². The monoisotopic (exact) mass is 209 g/mol. The van der Waals surface area contributed by atoms with Crippen LogP contribution in [0, 0.1) is 0 Å². The summed E-state index contributed by atoms with van der Waals surface area (Å²) in [5.41, 5.74) is 5.17. The average molecular weight is 209 g/mol. The molecule has 2 heterocycles. The number of H-pyrrole nitrogens is 3. The van der Waals surface area contributed by atoms with Crippen molar-refractivity contribution in [3.8, 4) is 0 Å². The van der Waals surface area contributed by atoms with Crippen molar-refractivity contribution < 1.29 is 0 Å². The van der Waals surface area contributed by atoms with Crippen molar-refractivity contribution in [1.29, 1.82) is 0 Å². The lowest BCUT2D eigenvalue weighted by Crippen LogP contribution is -2.21. The van der Waals surface area contributed by atoms with E-state index in [0.717, 1.165) is 0 Å². The van der Waals surface area contributed by atoms with E-state index in [0.29, 0.717) is 12.2 Å². The van der Waals surface area contributed by atoms with Gasteiger partial charge in [-0.1, -0.05) is 6.92 Å². The van der Waals surface area contributed by atoms with Crippen molar-refractivity contribution in [2.75, 3.05) is 0 Å². The Hall–Kier alpha value is -1.89. The smallest absolute Gasteiger partial charge is 0.327 e. The van der Waals surface area contributed by atoms with Crippen molar-refractivity contribution in [3.05, 3.63) is 26.7 Å². The molecule has 0 amide bonds. The summed E-state index contributed by atoms with van der Waals surface area (Å²) in [4.78, 5) is 33.7. The van der Waals surface area contributed by atoms with Crippen molar-refractivity contribution in [2.24, 2.45) is 5.73 Å². The fourth-order valence-electron chi connectivity index (χ4n) is 1.32. The molecule has 0 bridgehead atoms. The van der Waals surface area contributed by atoms with E-state index in [4.69, 9.17) is 5.73 Å². The quantitative estimate of drug-likeness (QED) is 0.525. The molecule has 0 saturated heterocycles. The minimum absolute atomic E-state index is 0.239. The Morgan fingerprint density at radius 2 is 2.07 bits per heavy atom. The van der Waals surface area contributed by atoms with Gasteiger partial charge < -0.3 is 10.7 Å². The summed E-state index contributed by atoms with van der Waals surface area (Å²) in [6.07, 6.45) is 0.696. The molecule has 2 rings (SSSR count). The zero-order valence-electron chi connectivity index (χ0n) is 8.13. The van der Waals surface area contributed by atoms with Gasteiger partial charge in [0.05, 0.1) is 6.04 Å². The third-order valence-electron chi connectivity index (χ3n) is 2.20. The van der Waals surface area contributed by atoms with Crippen molar-refractivity contribution in [1.82, 2.24) is 19.9 Å². The maximum atomic E-state index is 11.3. The number of aromatic nitrogens is 4. The molecule has 0 fully saturated rings. The van der Waals surface area contributed by atoms with E-state index in [1.165, 1.54) is 0 Å². The van der Waals surface area contributed by atoms with E-state index in [1.54, 1.807) is 0 Å². The molecular weight excluding hydrogens is 198 g/mol.